The summed E-state index contributed by atoms with van der Waals surface area (Å²) in [6, 6.07) is 15.4. The number of nitrogens with zero attached hydrogens (tertiary/aromatic N) is 4. The molecule has 0 spiro atoms. The maximum absolute atomic E-state index is 12.4. The van der Waals surface area contributed by atoms with Crippen molar-refractivity contribution in [3.05, 3.63) is 70.5 Å². The van der Waals surface area contributed by atoms with Crippen LogP contribution in [0.3, 0.4) is 0 Å². The van der Waals surface area contributed by atoms with Crippen LogP contribution in [0.4, 0.5) is 5.13 Å². The summed E-state index contributed by atoms with van der Waals surface area (Å²) < 4.78 is 1.66. The van der Waals surface area contributed by atoms with E-state index in [1.54, 1.807) is 10.7 Å². The Balaban J connectivity index is 1.41. The van der Waals surface area contributed by atoms with Gasteiger partial charge in [0.1, 0.15) is 5.01 Å². The normalized spacial score (nSPS) is 11.2. The summed E-state index contributed by atoms with van der Waals surface area (Å²) in [5.41, 5.74) is 2.82. The molecule has 30 heavy (non-hydrogen) atoms. The second kappa shape index (κ2) is 8.54. The second-order valence-corrected chi connectivity index (χ2v) is 8.21. The van der Waals surface area contributed by atoms with Crippen LogP contribution in [0.15, 0.2) is 59.5 Å². The fraction of sp³-hybridized carbons (Fsp3) is 0.227. The average molecular weight is 420 g/mol. The monoisotopic (exact) mass is 419 g/mol. The summed E-state index contributed by atoms with van der Waals surface area (Å²) in [6.07, 6.45) is 1.49. The predicted octanol–water partition coefficient (Wildman–Crippen LogP) is 4.07. The van der Waals surface area contributed by atoms with E-state index in [9.17, 15) is 9.59 Å². The first-order valence-corrected chi connectivity index (χ1v) is 10.5. The second-order valence-electron chi connectivity index (χ2n) is 7.24. The number of amides is 1. The molecule has 0 aliphatic rings. The molecule has 1 N–H and O–H groups in total. The van der Waals surface area contributed by atoms with Crippen LogP contribution in [0, 0.1) is 0 Å². The van der Waals surface area contributed by atoms with E-state index in [0.717, 1.165) is 10.6 Å². The molecular weight excluding hydrogens is 398 g/mol. The minimum absolute atomic E-state index is 0.130. The molecule has 2 heterocycles. The summed E-state index contributed by atoms with van der Waals surface area (Å²) in [7, 11) is 0. The van der Waals surface area contributed by atoms with Crippen LogP contribution in [-0.2, 0) is 11.3 Å². The molecule has 8 heteroatoms. The molecule has 0 radical (unpaired) electrons. The van der Waals surface area contributed by atoms with Crippen molar-refractivity contribution in [3.63, 3.8) is 0 Å². The standard InChI is InChI=1S/C22H21N5O2S/c1-14(2)15-7-9-16(10-8-15)21-25-26-22(30-21)24-20(29)11-12-27-18-6-4-3-5-17(18)19(28)13-23-27/h3-10,13-14H,11-12H2,1-2H3,(H,24,26,29). The molecule has 0 aliphatic heterocycles. The van der Waals surface area contributed by atoms with Gasteiger partial charge in [0.2, 0.25) is 16.5 Å². The molecular formula is C22H21N5O2S. The van der Waals surface area contributed by atoms with Crippen molar-refractivity contribution in [2.24, 2.45) is 0 Å². The molecule has 0 atom stereocenters. The molecule has 4 aromatic rings. The molecule has 0 saturated heterocycles. The van der Waals surface area contributed by atoms with E-state index in [4.69, 9.17) is 0 Å². The highest BCUT2D eigenvalue weighted by Gasteiger charge is 2.11. The molecule has 7 nitrogen and oxygen atoms in total. The summed E-state index contributed by atoms with van der Waals surface area (Å²) in [4.78, 5) is 24.3. The van der Waals surface area contributed by atoms with Crippen LogP contribution >= 0.6 is 11.3 Å². The molecule has 152 valence electrons. The molecule has 4 rings (SSSR count). The smallest absolute Gasteiger partial charge is 0.228 e. The highest BCUT2D eigenvalue weighted by atomic mass is 32.1. The number of aryl methyl sites for hydroxylation is 1. The Bertz CT molecular complexity index is 1240. The van der Waals surface area contributed by atoms with Crippen LogP contribution in [-0.4, -0.2) is 25.9 Å². The minimum atomic E-state index is -0.183. The van der Waals surface area contributed by atoms with E-state index >= 15 is 0 Å². The summed E-state index contributed by atoms with van der Waals surface area (Å²) in [5.74, 6) is 0.287. The number of fused-ring (bicyclic) bond motifs is 1. The van der Waals surface area contributed by atoms with Gasteiger partial charge in [0.25, 0.3) is 0 Å². The predicted molar refractivity (Wildman–Crippen MR) is 119 cm³/mol. The fourth-order valence-corrected chi connectivity index (χ4v) is 3.89. The molecule has 2 aromatic heterocycles. The van der Waals surface area contributed by atoms with E-state index in [1.807, 2.05) is 30.3 Å². The maximum Gasteiger partial charge on any atom is 0.228 e. The van der Waals surface area contributed by atoms with Crippen molar-refractivity contribution in [2.75, 3.05) is 5.32 Å². The van der Waals surface area contributed by atoms with Gasteiger partial charge in [-0.1, -0.05) is 61.6 Å². The summed E-state index contributed by atoms with van der Waals surface area (Å²) in [5, 5.41) is 17.0. The van der Waals surface area contributed by atoms with Gasteiger partial charge in [-0.2, -0.15) is 5.10 Å². The minimum Gasteiger partial charge on any atom is -0.300 e. The number of rotatable bonds is 6. The zero-order chi connectivity index (χ0) is 21.1. The number of nitrogens with one attached hydrogen (secondary N) is 1. The highest BCUT2D eigenvalue weighted by Crippen LogP contribution is 2.27. The lowest BCUT2D eigenvalue weighted by Gasteiger charge is -2.08. The summed E-state index contributed by atoms with van der Waals surface area (Å²) in [6.45, 7) is 4.66. The average Bonchev–Trinajstić information content (AvgIpc) is 3.22. The lowest BCUT2D eigenvalue weighted by Crippen LogP contribution is -2.17. The van der Waals surface area contributed by atoms with Crippen LogP contribution < -0.4 is 10.7 Å². The number of para-hydroxylation sites is 1. The van der Waals surface area contributed by atoms with Crippen LogP contribution in [0.25, 0.3) is 21.5 Å². The van der Waals surface area contributed by atoms with E-state index < -0.39 is 0 Å². The van der Waals surface area contributed by atoms with E-state index in [0.29, 0.717) is 28.5 Å². The number of hydrogen-bond acceptors (Lipinski definition) is 6. The first-order valence-electron chi connectivity index (χ1n) is 9.70. The Morgan fingerprint density at radius 3 is 2.63 bits per heavy atom. The van der Waals surface area contributed by atoms with Gasteiger partial charge in [-0.05, 0) is 23.6 Å². The molecule has 0 fully saturated rings. The number of benzene rings is 2. The SMILES string of the molecule is CC(C)c1ccc(-c2nnc(NC(=O)CCn3ncc(=O)c4ccccc43)s2)cc1. The van der Waals surface area contributed by atoms with Gasteiger partial charge >= 0.3 is 0 Å². The molecule has 2 aromatic carbocycles. The third kappa shape index (κ3) is 4.28. The zero-order valence-electron chi connectivity index (χ0n) is 16.7. The third-order valence-electron chi connectivity index (χ3n) is 4.81. The van der Waals surface area contributed by atoms with Gasteiger partial charge in [-0.25, -0.2) is 0 Å². The van der Waals surface area contributed by atoms with E-state index in [1.165, 1.54) is 23.1 Å². The number of carbonyl (C=O) groups excluding carboxylic acids is 1. The maximum atomic E-state index is 12.4. The van der Waals surface area contributed by atoms with Crippen LogP contribution in [0.2, 0.25) is 0 Å². The van der Waals surface area contributed by atoms with Crippen LogP contribution in [0.5, 0.6) is 0 Å². The van der Waals surface area contributed by atoms with Gasteiger partial charge in [-0.15, -0.1) is 10.2 Å². The fourth-order valence-electron chi connectivity index (χ4n) is 3.13. The molecule has 0 bridgehead atoms. The Kier molecular flexibility index (Phi) is 5.67. The Morgan fingerprint density at radius 2 is 1.87 bits per heavy atom. The van der Waals surface area contributed by atoms with Crippen molar-refractivity contribution in [2.45, 2.75) is 32.7 Å². The van der Waals surface area contributed by atoms with Crippen molar-refractivity contribution >= 4 is 33.3 Å². The molecule has 1 amide bonds. The number of aromatic nitrogens is 4. The number of anilines is 1. The Hall–Kier alpha value is -3.39. The topological polar surface area (TPSA) is 89.8 Å². The number of carbonyl (C=O) groups is 1. The van der Waals surface area contributed by atoms with Gasteiger partial charge in [0, 0.05) is 17.4 Å². The summed E-state index contributed by atoms with van der Waals surface area (Å²) >= 11 is 1.34. The quantitative estimate of drug-likeness (QED) is 0.509. The molecule has 0 unspecified atom stereocenters. The lowest BCUT2D eigenvalue weighted by atomic mass is 10.0. The lowest BCUT2D eigenvalue weighted by molar-refractivity contribution is -0.116. The number of hydrogen-bond donors (Lipinski definition) is 1. The van der Waals surface area contributed by atoms with Gasteiger partial charge < -0.3 is 5.32 Å². The zero-order valence-corrected chi connectivity index (χ0v) is 17.5. The van der Waals surface area contributed by atoms with E-state index in [-0.39, 0.29) is 17.8 Å². The first-order chi connectivity index (χ1) is 14.5. The van der Waals surface area contributed by atoms with Gasteiger partial charge in [0.05, 0.1) is 18.3 Å². The Labute approximate surface area is 177 Å². The van der Waals surface area contributed by atoms with Crippen molar-refractivity contribution in [1.82, 2.24) is 20.0 Å². The first kappa shape index (κ1) is 19.9. The van der Waals surface area contributed by atoms with Gasteiger partial charge in [-0.3, -0.25) is 14.3 Å². The van der Waals surface area contributed by atoms with Crippen molar-refractivity contribution in [3.8, 4) is 10.6 Å². The molecule has 0 saturated carbocycles. The van der Waals surface area contributed by atoms with Crippen molar-refractivity contribution in [1.29, 1.82) is 0 Å². The molecule has 0 aliphatic carbocycles. The largest absolute Gasteiger partial charge is 0.300 e. The Morgan fingerprint density at radius 1 is 1.10 bits per heavy atom. The van der Waals surface area contributed by atoms with Gasteiger partial charge in [0.15, 0.2) is 0 Å². The van der Waals surface area contributed by atoms with Crippen molar-refractivity contribution < 1.29 is 4.79 Å². The van der Waals surface area contributed by atoms with Crippen LogP contribution in [0.1, 0.15) is 31.7 Å². The highest BCUT2D eigenvalue weighted by molar-refractivity contribution is 7.18. The van der Waals surface area contributed by atoms with E-state index in [2.05, 4.69) is 46.6 Å². The third-order valence-corrected chi connectivity index (χ3v) is 5.70.